The van der Waals surface area contributed by atoms with Crippen LogP contribution in [-0.4, -0.2) is 30.7 Å². The molecule has 0 amide bonds. The SMILES string of the molecule is CCc1c(C(=O)c2cc(C)cc(C)c2)[nH]c(=O)[nH]c1=O.CCc1c(C(=O)c2cc(C)cc(C)c2)n(C2CCCCC2)c(=O)n(C)c1=O. The molecule has 5 rings (SSSR count). The number of hydrogen-bond acceptors (Lipinski definition) is 6. The predicted molar refractivity (Wildman–Crippen MR) is 183 cm³/mol. The number of benzene rings is 2. The molecule has 10 heteroatoms. The van der Waals surface area contributed by atoms with E-state index in [1.165, 1.54) is 7.05 Å². The fourth-order valence-corrected chi connectivity index (χ4v) is 6.57. The zero-order chi connectivity index (χ0) is 34.6. The maximum Gasteiger partial charge on any atom is 0.331 e. The van der Waals surface area contributed by atoms with Gasteiger partial charge < -0.3 is 4.98 Å². The highest BCUT2D eigenvalue weighted by molar-refractivity contribution is 6.09. The molecule has 47 heavy (non-hydrogen) atoms. The fourth-order valence-electron chi connectivity index (χ4n) is 6.57. The van der Waals surface area contributed by atoms with Crippen LogP contribution >= 0.6 is 0 Å². The van der Waals surface area contributed by atoms with Crippen LogP contribution in [0.5, 0.6) is 0 Å². The number of carbonyl (C=O) groups excluding carboxylic acids is 2. The van der Waals surface area contributed by atoms with Crippen molar-refractivity contribution in [1.82, 2.24) is 19.1 Å². The highest BCUT2D eigenvalue weighted by atomic mass is 16.2. The lowest BCUT2D eigenvalue weighted by molar-refractivity contribution is 0.101. The normalized spacial score (nSPS) is 13.2. The maximum atomic E-state index is 13.5. The maximum absolute atomic E-state index is 13.5. The molecule has 0 radical (unpaired) electrons. The molecule has 0 bridgehead atoms. The summed E-state index contributed by atoms with van der Waals surface area (Å²) in [7, 11) is 1.51. The van der Waals surface area contributed by atoms with Gasteiger partial charge in [0.25, 0.3) is 11.1 Å². The molecule has 2 aromatic heterocycles. The minimum atomic E-state index is -0.667. The van der Waals surface area contributed by atoms with E-state index in [-0.39, 0.29) is 34.6 Å². The summed E-state index contributed by atoms with van der Waals surface area (Å²) in [6.45, 7) is 11.3. The number of ketones is 2. The molecule has 0 saturated heterocycles. The second kappa shape index (κ2) is 14.7. The first-order valence-electron chi connectivity index (χ1n) is 16.2. The van der Waals surface area contributed by atoms with E-state index in [9.17, 15) is 28.8 Å². The lowest BCUT2D eigenvalue weighted by Gasteiger charge is -2.27. The molecule has 2 aromatic carbocycles. The minimum Gasteiger partial charge on any atom is -0.304 e. The Morgan fingerprint density at radius 1 is 0.702 bits per heavy atom. The van der Waals surface area contributed by atoms with Crippen LogP contribution in [0.4, 0.5) is 0 Å². The third-order valence-corrected chi connectivity index (χ3v) is 8.68. The molecule has 2 N–H and O–H groups in total. The summed E-state index contributed by atoms with van der Waals surface area (Å²) in [5.74, 6) is -0.559. The zero-order valence-corrected chi connectivity index (χ0v) is 28.3. The van der Waals surface area contributed by atoms with Gasteiger partial charge in [-0.3, -0.25) is 33.3 Å². The van der Waals surface area contributed by atoms with E-state index < -0.39 is 11.2 Å². The number of nitrogens with one attached hydrogen (secondary N) is 2. The molecule has 1 aliphatic rings. The van der Waals surface area contributed by atoms with Gasteiger partial charge >= 0.3 is 11.4 Å². The van der Waals surface area contributed by atoms with Gasteiger partial charge in [0.2, 0.25) is 11.6 Å². The quantitative estimate of drug-likeness (QED) is 0.274. The van der Waals surface area contributed by atoms with Crippen molar-refractivity contribution < 1.29 is 9.59 Å². The Labute approximate surface area is 273 Å². The summed E-state index contributed by atoms with van der Waals surface area (Å²) in [5.41, 5.74) is 4.10. The number of carbonyl (C=O) groups is 2. The molecular weight excluding hydrogens is 596 g/mol. The molecule has 0 atom stereocenters. The summed E-state index contributed by atoms with van der Waals surface area (Å²) in [4.78, 5) is 79.5. The Bertz CT molecular complexity index is 2030. The Morgan fingerprint density at radius 3 is 1.68 bits per heavy atom. The average Bonchev–Trinajstić information content (AvgIpc) is 3.02. The van der Waals surface area contributed by atoms with E-state index in [1.54, 1.807) is 23.6 Å². The van der Waals surface area contributed by atoms with Crippen LogP contribution in [0.15, 0.2) is 55.6 Å². The van der Waals surface area contributed by atoms with Crippen molar-refractivity contribution in [1.29, 1.82) is 0 Å². The molecule has 248 valence electrons. The van der Waals surface area contributed by atoms with Gasteiger partial charge in [0.15, 0.2) is 0 Å². The highest BCUT2D eigenvalue weighted by Crippen LogP contribution is 2.29. The van der Waals surface area contributed by atoms with E-state index >= 15 is 0 Å². The highest BCUT2D eigenvalue weighted by Gasteiger charge is 2.28. The van der Waals surface area contributed by atoms with Crippen molar-refractivity contribution in [2.75, 3.05) is 0 Å². The molecule has 4 aromatic rings. The number of aromatic nitrogens is 4. The lowest BCUT2D eigenvalue weighted by Crippen LogP contribution is -2.45. The van der Waals surface area contributed by atoms with E-state index in [4.69, 9.17) is 0 Å². The van der Waals surface area contributed by atoms with E-state index in [0.717, 1.165) is 58.9 Å². The van der Waals surface area contributed by atoms with Crippen LogP contribution in [-0.2, 0) is 19.9 Å². The van der Waals surface area contributed by atoms with E-state index in [1.807, 2.05) is 58.9 Å². The Kier molecular flexibility index (Phi) is 11.0. The van der Waals surface area contributed by atoms with Gasteiger partial charge in [0.1, 0.15) is 5.69 Å². The van der Waals surface area contributed by atoms with E-state index in [2.05, 4.69) is 9.97 Å². The zero-order valence-electron chi connectivity index (χ0n) is 28.3. The molecule has 2 heterocycles. The summed E-state index contributed by atoms with van der Waals surface area (Å²) in [5, 5.41) is 0. The van der Waals surface area contributed by atoms with Gasteiger partial charge in [-0.15, -0.1) is 0 Å². The summed E-state index contributed by atoms with van der Waals surface area (Å²) in [6.07, 6.45) is 5.77. The van der Waals surface area contributed by atoms with Gasteiger partial charge in [-0.1, -0.05) is 67.5 Å². The number of hydrogen-bond donors (Lipinski definition) is 2. The van der Waals surface area contributed by atoms with Crippen LogP contribution < -0.4 is 22.5 Å². The van der Waals surface area contributed by atoms with Gasteiger partial charge in [-0.2, -0.15) is 0 Å². The minimum absolute atomic E-state index is 0.0202. The fraction of sp³-hybridized carbons (Fsp3) is 0.405. The smallest absolute Gasteiger partial charge is 0.304 e. The molecule has 1 aliphatic carbocycles. The van der Waals surface area contributed by atoms with Crippen molar-refractivity contribution in [3.05, 3.63) is 134 Å². The van der Waals surface area contributed by atoms with E-state index in [0.29, 0.717) is 40.8 Å². The number of H-pyrrole nitrogens is 2. The number of aryl methyl sites for hydroxylation is 4. The van der Waals surface area contributed by atoms with Gasteiger partial charge in [0.05, 0.1) is 5.69 Å². The van der Waals surface area contributed by atoms with Crippen molar-refractivity contribution in [2.24, 2.45) is 7.05 Å². The largest absolute Gasteiger partial charge is 0.331 e. The van der Waals surface area contributed by atoms with Crippen LogP contribution in [0, 0.1) is 27.7 Å². The van der Waals surface area contributed by atoms with Gasteiger partial charge in [-0.25, -0.2) is 9.59 Å². The number of nitrogens with zero attached hydrogens (tertiary/aromatic N) is 2. The molecule has 10 nitrogen and oxygen atoms in total. The van der Waals surface area contributed by atoms with Crippen LogP contribution in [0.1, 0.15) is 117 Å². The van der Waals surface area contributed by atoms with Gasteiger partial charge in [-0.05, 0) is 77.6 Å². The molecule has 1 saturated carbocycles. The molecular formula is C37H44N4O6. The predicted octanol–water partition coefficient (Wildman–Crippen LogP) is 4.94. The second-order valence-corrected chi connectivity index (χ2v) is 12.5. The Morgan fingerprint density at radius 2 is 1.19 bits per heavy atom. The summed E-state index contributed by atoms with van der Waals surface area (Å²) in [6, 6.07) is 11.1. The van der Waals surface area contributed by atoms with Crippen molar-refractivity contribution >= 4 is 11.6 Å². The molecule has 0 aliphatic heterocycles. The monoisotopic (exact) mass is 640 g/mol. The first kappa shape index (κ1) is 35.0. The summed E-state index contributed by atoms with van der Waals surface area (Å²) >= 11 is 0. The number of aromatic amines is 2. The average molecular weight is 641 g/mol. The molecule has 0 spiro atoms. The first-order valence-corrected chi connectivity index (χ1v) is 16.2. The van der Waals surface area contributed by atoms with Crippen molar-refractivity contribution in [2.45, 2.75) is 92.5 Å². The van der Waals surface area contributed by atoms with Crippen molar-refractivity contribution in [3.8, 4) is 0 Å². The van der Waals surface area contributed by atoms with Gasteiger partial charge in [0, 0.05) is 35.3 Å². The van der Waals surface area contributed by atoms with Crippen molar-refractivity contribution in [3.63, 3.8) is 0 Å². The van der Waals surface area contributed by atoms with Crippen LogP contribution in [0.3, 0.4) is 0 Å². The second-order valence-electron chi connectivity index (χ2n) is 12.5. The van der Waals surface area contributed by atoms with Crippen LogP contribution in [0.25, 0.3) is 0 Å². The van der Waals surface area contributed by atoms with Crippen LogP contribution in [0.2, 0.25) is 0 Å². The molecule has 0 unspecified atom stereocenters. The molecule has 1 fully saturated rings. The topological polar surface area (TPSA) is 144 Å². The lowest BCUT2D eigenvalue weighted by atomic mass is 9.93. The summed E-state index contributed by atoms with van der Waals surface area (Å²) < 4.78 is 2.78. The Balaban J connectivity index is 0.000000223. The first-order chi connectivity index (χ1) is 22.3. The standard InChI is InChI=1S/C22H28N2O3.C15H16N2O3/c1-5-18-19(20(25)16-12-14(2)11-15(3)13-16)24(17-9-7-6-8-10-17)22(27)23(4)21(18)26;1-4-11-12(16-15(20)17-14(11)19)13(18)10-6-8(2)5-9(3)7-10/h11-13,17H,5-10H2,1-4H3;5-7H,4H2,1-3H3,(H2,16,17,19,20). The third kappa shape index (κ3) is 7.59. The Hall–Kier alpha value is -4.86. The third-order valence-electron chi connectivity index (χ3n) is 8.68. The number of rotatable bonds is 7.